The van der Waals surface area contributed by atoms with Crippen molar-refractivity contribution in [2.45, 2.75) is 18.9 Å². The van der Waals surface area contributed by atoms with Gasteiger partial charge in [0.25, 0.3) is 0 Å². The molecule has 1 aromatic heterocycles. The Morgan fingerprint density at radius 3 is 2.68 bits per heavy atom. The average Bonchev–Trinajstić information content (AvgIpc) is 2.44. The van der Waals surface area contributed by atoms with Crippen molar-refractivity contribution < 1.29 is 0 Å². The van der Waals surface area contributed by atoms with Crippen LogP contribution in [0.4, 0.5) is 0 Å². The standard InChI is InChI=1S/C15H16BrIN2/c1-10(14-5-3-4-8-19-14)15(18-2)12-9-11(16)6-7-13(12)17/h3-10,15,18H,1-2H3. The van der Waals surface area contributed by atoms with Gasteiger partial charge in [-0.3, -0.25) is 4.98 Å². The van der Waals surface area contributed by atoms with E-state index in [9.17, 15) is 0 Å². The highest BCUT2D eigenvalue weighted by atomic mass is 127. The molecular formula is C15H16BrIN2. The van der Waals surface area contributed by atoms with Crippen LogP contribution in [0.2, 0.25) is 0 Å². The quantitative estimate of drug-likeness (QED) is 0.721. The topological polar surface area (TPSA) is 24.9 Å². The number of aromatic nitrogens is 1. The Morgan fingerprint density at radius 2 is 2.05 bits per heavy atom. The Kier molecular flexibility index (Phi) is 5.36. The van der Waals surface area contributed by atoms with E-state index in [0.29, 0.717) is 5.92 Å². The molecule has 1 N–H and O–H groups in total. The van der Waals surface area contributed by atoms with Gasteiger partial charge in [0.05, 0.1) is 0 Å². The minimum absolute atomic E-state index is 0.249. The minimum Gasteiger partial charge on any atom is -0.312 e. The SMILES string of the molecule is CNC(c1cc(Br)ccc1I)C(C)c1ccccn1. The lowest BCUT2D eigenvalue weighted by molar-refractivity contribution is 0.497. The van der Waals surface area contributed by atoms with Crippen molar-refractivity contribution in [3.63, 3.8) is 0 Å². The number of pyridine rings is 1. The summed E-state index contributed by atoms with van der Waals surface area (Å²) in [5.41, 5.74) is 2.41. The Balaban J connectivity index is 2.37. The molecule has 0 fully saturated rings. The molecule has 0 bridgehead atoms. The maximum atomic E-state index is 4.47. The molecule has 0 radical (unpaired) electrons. The molecule has 1 heterocycles. The molecule has 0 spiro atoms. The molecule has 0 aliphatic heterocycles. The molecule has 2 unspecified atom stereocenters. The molecule has 2 atom stereocenters. The Morgan fingerprint density at radius 1 is 1.26 bits per heavy atom. The summed E-state index contributed by atoms with van der Waals surface area (Å²) in [6.45, 7) is 2.21. The molecule has 0 saturated heterocycles. The van der Waals surface area contributed by atoms with Gasteiger partial charge in [-0.15, -0.1) is 0 Å². The van der Waals surface area contributed by atoms with Gasteiger partial charge in [-0.2, -0.15) is 0 Å². The largest absolute Gasteiger partial charge is 0.312 e. The number of hydrogen-bond donors (Lipinski definition) is 1. The second kappa shape index (κ2) is 6.81. The zero-order valence-corrected chi connectivity index (χ0v) is 14.6. The van der Waals surface area contributed by atoms with E-state index in [1.165, 1.54) is 9.13 Å². The lowest BCUT2D eigenvalue weighted by atomic mass is 9.91. The summed E-state index contributed by atoms with van der Waals surface area (Å²) < 4.78 is 2.37. The van der Waals surface area contributed by atoms with Crippen LogP contribution < -0.4 is 5.32 Å². The normalized spacial score (nSPS) is 14.1. The predicted molar refractivity (Wildman–Crippen MR) is 91.3 cm³/mol. The van der Waals surface area contributed by atoms with Crippen LogP contribution in [0, 0.1) is 3.57 Å². The molecule has 2 nitrogen and oxygen atoms in total. The van der Waals surface area contributed by atoms with E-state index in [0.717, 1.165) is 10.2 Å². The fraction of sp³-hybridized carbons (Fsp3) is 0.267. The maximum absolute atomic E-state index is 4.47. The summed E-state index contributed by atoms with van der Waals surface area (Å²) in [4.78, 5) is 4.47. The van der Waals surface area contributed by atoms with Gasteiger partial charge in [0.15, 0.2) is 0 Å². The van der Waals surface area contributed by atoms with Crippen LogP contribution in [0.5, 0.6) is 0 Å². The average molecular weight is 431 g/mol. The van der Waals surface area contributed by atoms with Crippen molar-refractivity contribution >= 4 is 38.5 Å². The number of likely N-dealkylation sites (N-methyl/N-ethyl adjacent to an activating group) is 1. The molecule has 0 saturated carbocycles. The van der Waals surface area contributed by atoms with E-state index < -0.39 is 0 Å². The summed E-state index contributed by atoms with van der Waals surface area (Å²) in [5, 5.41) is 3.42. The van der Waals surface area contributed by atoms with E-state index in [1.807, 2.05) is 25.4 Å². The summed E-state index contributed by atoms with van der Waals surface area (Å²) in [7, 11) is 2.00. The third kappa shape index (κ3) is 3.55. The van der Waals surface area contributed by atoms with E-state index >= 15 is 0 Å². The Labute approximate surface area is 136 Å². The van der Waals surface area contributed by atoms with Crippen LogP contribution in [0.15, 0.2) is 47.1 Å². The van der Waals surface area contributed by atoms with Gasteiger partial charge in [0, 0.05) is 31.9 Å². The summed E-state index contributed by atoms with van der Waals surface area (Å²) in [5.74, 6) is 0.314. The molecule has 0 amide bonds. The van der Waals surface area contributed by atoms with Crippen molar-refractivity contribution in [2.75, 3.05) is 7.05 Å². The molecular weight excluding hydrogens is 415 g/mol. The van der Waals surface area contributed by atoms with E-state index in [-0.39, 0.29) is 6.04 Å². The molecule has 2 rings (SSSR count). The lowest BCUT2D eigenvalue weighted by Gasteiger charge is -2.25. The predicted octanol–water partition coefficient (Wildman–Crippen LogP) is 4.51. The smallest absolute Gasteiger partial charge is 0.0450 e. The van der Waals surface area contributed by atoms with Crippen LogP contribution in [-0.2, 0) is 0 Å². The number of nitrogens with zero attached hydrogens (tertiary/aromatic N) is 1. The monoisotopic (exact) mass is 430 g/mol. The Hall–Kier alpha value is -0.460. The van der Waals surface area contributed by atoms with E-state index in [2.05, 4.69) is 80.0 Å². The summed E-state index contributed by atoms with van der Waals surface area (Å²) >= 11 is 5.94. The van der Waals surface area contributed by atoms with Crippen molar-refractivity contribution in [3.05, 3.63) is 61.9 Å². The first kappa shape index (κ1) is 14.9. The zero-order chi connectivity index (χ0) is 13.8. The number of hydrogen-bond acceptors (Lipinski definition) is 2. The van der Waals surface area contributed by atoms with Crippen molar-refractivity contribution in [1.29, 1.82) is 0 Å². The highest BCUT2D eigenvalue weighted by Gasteiger charge is 2.22. The first-order chi connectivity index (χ1) is 9.13. The molecule has 100 valence electrons. The highest BCUT2D eigenvalue weighted by molar-refractivity contribution is 14.1. The minimum atomic E-state index is 0.249. The lowest BCUT2D eigenvalue weighted by Crippen LogP contribution is -2.23. The van der Waals surface area contributed by atoms with Crippen LogP contribution in [-0.4, -0.2) is 12.0 Å². The fourth-order valence-corrected chi connectivity index (χ4v) is 3.29. The number of rotatable bonds is 4. The Bertz CT molecular complexity index is 545. The van der Waals surface area contributed by atoms with E-state index in [4.69, 9.17) is 0 Å². The van der Waals surface area contributed by atoms with Gasteiger partial charge in [0.1, 0.15) is 0 Å². The third-order valence-electron chi connectivity index (χ3n) is 3.26. The summed E-state index contributed by atoms with van der Waals surface area (Å²) in [6.07, 6.45) is 1.85. The second-order valence-corrected chi connectivity index (χ2v) is 6.55. The first-order valence-electron chi connectivity index (χ1n) is 6.16. The van der Waals surface area contributed by atoms with Gasteiger partial charge < -0.3 is 5.32 Å². The number of nitrogens with one attached hydrogen (secondary N) is 1. The molecule has 4 heteroatoms. The van der Waals surface area contributed by atoms with Gasteiger partial charge in [-0.1, -0.05) is 28.9 Å². The van der Waals surface area contributed by atoms with Crippen LogP contribution in [0.1, 0.15) is 30.1 Å². The summed E-state index contributed by atoms with van der Waals surface area (Å²) in [6, 6.07) is 12.7. The van der Waals surface area contributed by atoms with Gasteiger partial charge >= 0.3 is 0 Å². The molecule has 1 aromatic carbocycles. The van der Waals surface area contributed by atoms with Crippen LogP contribution in [0.3, 0.4) is 0 Å². The number of benzene rings is 1. The van der Waals surface area contributed by atoms with Crippen LogP contribution >= 0.6 is 38.5 Å². The zero-order valence-electron chi connectivity index (χ0n) is 10.9. The van der Waals surface area contributed by atoms with Crippen molar-refractivity contribution in [3.8, 4) is 0 Å². The second-order valence-electron chi connectivity index (χ2n) is 4.48. The molecule has 2 aromatic rings. The fourth-order valence-electron chi connectivity index (χ4n) is 2.24. The molecule has 0 aliphatic rings. The first-order valence-corrected chi connectivity index (χ1v) is 8.03. The van der Waals surface area contributed by atoms with Gasteiger partial charge in [-0.05, 0) is 65.5 Å². The van der Waals surface area contributed by atoms with Gasteiger partial charge in [-0.25, -0.2) is 0 Å². The number of halogens is 2. The maximum Gasteiger partial charge on any atom is 0.0450 e. The molecule has 0 aliphatic carbocycles. The van der Waals surface area contributed by atoms with Crippen molar-refractivity contribution in [1.82, 2.24) is 10.3 Å². The molecule has 19 heavy (non-hydrogen) atoms. The van der Waals surface area contributed by atoms with E-state index in [1.54, 1.807) is 0 Å². The van der Waals surface area contributed by atoms with Gasteiger partial charge in [0.2, 0.25) is 0 Å². The third-order valence-corrected chi connectivity index (χ3v) is 4.73. The van der Waals surface area contributed by atoms with Crippen LogP contribution in [0.25, 0.3) is 0 Å². The van der Waals surface area contributed by atoms with Crippen molar-refractivity contribution in [2.24, 2.45) is 0 Å². The highest BCUT2D eigenvalue weighted by Crippen LogP contribution is 2.33.